The average Bonchev–Trinajstić information content (AvgIpc) is 3.19. The van der Waals surface area contributed by atoms with E-state index in [-0.39, 0.29) is 30.1 Å². The Morgan fingerprint density at radius 1 is 0.675 bits per heavy atom. The minimum atomic E-state index is -1.15. The zero-order valence-electron chi connectivity index (χ0n) is 28.5. The van der Waals surface area contributed by atoms with Gasteiger partial charge >= 0.3 is 5.97 Å². The van der Waals surface area contributed by atoms with E-state index in [4.69, 9.17) is 9.84 Å². The summed E-state index contributed by atoms with van der Waals surface area (Å²) in [5.74, 6) is -0.342. The second-order valence-electron chi connectivity index (χ2n) is 12.6. The van der Waals surface area contributed by atoms with Crippen molar-refractivity contribution < 1.29 is 9.53 Å². The molecule has 0 spiro atoms. The van der Waals surface area contributed by atoms with Crippen LogP contribution < -0.4 is 0 Å². The van der Waals surface area contributed by atoms with Gasteiger partial charge in [0.05, 0.1) is 7.11 Å². The molecule has 0 atom stereocenters. The van der Waals surface area contributed by atoms with Crippen molar-refractivity contribution in [3.05, 3.63) is 11.8 Å². The Morgan fingerprint density at radius 2 is 1.00 bits per heavy atom. The van der Waals surface area contributed by atoms with E-state index in [0.717, 1.165) is 5.03 Å². The van der Waals surface area contributed by atoms with Gasteiger partial charge in [0, 0.05) is 54.4 Å². The number of aromatic nitrogens is 2. The molecule has 0 radical (unpaired) electrons. The number of carbonyl (C=O) groups is 1. The molecule has 0 aliphatic heterocycles. The summed E-state index contributed by atoms with van der Waals surface area (Å²) in [6, 6.07) is 4.51. The molecular formula is C29H60N6O2P2S. The van der Waals surface area contributed by atoms with Crippen molar-refractivity contribution >= 4 is 33.1 Å². The molecule has 1 rings (SSSR count). The standard InChI is InChI=1S/C29H60N6O2P2S/c1-19(2)31(20(3)4)38(32(21(5)6)22(7)8)35-27(29(36)37-17)18-28(30-35)40-39(33(23(9)10)24(11)12)34(25(13)14)26(15)16/h18-26H,1-17H3. The first-order valence-electron chi connectivity index (χ1n) is 15.0. The molecular weight excluding hydrogens is 558 g/mol. The van der Waals surface area contributed by atoms with Crippen LogP contribution in [0, 0.1) is 0 Å². The Balaban J connectivity index is 3.98. The van der Waals surface area contributed by atoms with Crippen LogP contribution in [0.1, 0.15) is 121 Å². The molecule has 0 aliphatic carbocycles. The fourth-order valence-electron chi connectivity index (χ4n) is 5.39. The molecule has 0 unspecified atom stereocenters. The first kappa shape index (κ1) is 37.8. The van der Waals surface area contributed by atoms with Crippen LogP contribution in [-0.2, 0) is 4.74 Å². The highest BCUT2D eigenvalue weighted by molar-refractivity contribution is 8.54. The normalized spacial score (nSPS) is 13.5. The number of carbonyl (C=O) groups excluding carboxylic acids is 1. The van der Waals surface area contributed by atoms with Crippen LogP contribution >= 0.6 is 27.2 Å². The largest absolute Gasteiger partial charge is 0.464 e. The number of methoxy groups -OCH3 is 1. The summed E-state index contributed by atoms with van der Waals surface area (Å²) in [5.41, 5.74) is 0.518. The number of nitrogens with zero attached hydrogens (tertiary/aromatic N) is 6. The van der Waals surface area contributed by atoms with E-state index in [2.05, 4.69) is 129 Å². The van der Waals surface area contributed by atoms with Crippen molar-refractivity contribution in [1.82, 2.24) is 28.2 Å². The zero-order chi connectivity index (χ0) is 31.2. The van der Waals surface area contributed by atoms with E-state index in [1.807, 2.05) is 10.5 Å². The highest BCUT2D eigenvalue weighted by Gasteiger charge is 2.40. The fourth-order valence-corrected chi connectivity index (χ4v) is 14.3. The third kappa shape index (κ3) is 9.36. The lowest BCUT2D eigenvalue weighted by Gasteiger charge is -2.46. The first-order chi connectivity index (χ1) is 18.4. The lowest BCUT2D eigenvalue weighted by Crippen LogP contribution is -2.45. The van der Waals surface area contributed by atoms with Crippen LogP contribution in [0.25, 0.3) is 0 Å². The first-order valence-corrected chi connectivity index (χ1v) is 18.8. The van der Waals surface area contributed by atoms with Gasteiger partial charge in [-0.2, -0.15) is 5.10 Å². The van der Waals surface area contributed by atoms with Crippen molar-refractivity contribution in [2.45, 2.75) is 164 Å². The van der Waals surface area contributed by atoms with Gasteiger partial charge in [-0.25, -0.2) is 18.6 Å². The molecule has 0 fully saturated rings. The minimum absolute atomic E-state index is 0.267. The number of esters is 1. The maximum Gasteiger partial charge on any atom is 0.356 e. The summed E-state index contributed by atoms with van der Waals surface area (Å²) in [4.78, 5) is 13.3. The number of rotatable bonds is 16. The Labute approximate surface area is 253 Å². The van der Waals surface area contributed by atoms with E-state index >= 15 is 0 Å². The van der Waals surface area contributed by atoms with E-state index in [1.165, 1.54) is 7.11 Å². The van der Waals surface area contributed by atoms with Crippen LogP contribution in [0.5, 0.6) is 0 Å². The lowest BCUT2D eigenvalue weighted by atomic mass is 10.3. The monoisotopic (exact) mass is 618 g/mol. The summed E-state index contributed by atoms with van der Waals surface area (Å²) in [6.07, 6.45) is 0. The molecule has 0 saturated carbocycles. The molecule has 11 heteroatoms. The predicted molar refractivity (Wildman–Crippen MR) is 177 cm³/mol. The van der Waals surface area contributed by atoms with Crippen molar-refractivity contribution in [1.29, 1.82) is 0 Å². The van der Waals surface area contributed by atoms with Gasteiger partial charge in [0.15, 0.2) is 14.1 Å². The second kappa shape index (κ2) is 16.5. The molecule has 0 amide bonds. The van der Waals surface area contributed by atoms with Gasteiger partial charge < -0.3 is 4.74 Å². The fraction of sp³-hybridized carbons (Fsp3) is 0.862. The topological polar surface area (TPSA) is 57.1 Å². The van der Waals surface area contributed by atoms with E-state index in [0.29, 0.717) is 29.9 Å². The van der Waals surface area contributed by atoms with Crippen LogP contribution in [-0.4, -0.2) is 89.6 Å². The molecule has 1 aromatic heterocycles. The molecule has 0 saturated heterocycles. The van der Waals surface area contributed by atoms with Gasteiger partial charge in [-0.15, -0.1) is 0 Å². The second-order valence-corrected chi connectivity index (χ2v) is 18.0. The van der Waals surface area contributed by atoms with Crippen molar-refractivity contribution in [3.8, 4) is 0 Å². The van der Waals surface area contributed by atoms with E-state index in [1.54, 1.807) is 11.4 Å². The van der Waals surface area contributed by atoms with Crippen LogP contribution in [0.3, 0.4) is 0 Å². The third-order valence-electron chi connectivity index (χ3n) is 6.45. The maximum absolute atomic E-state index is 13.3. The summed E-state index contributed by atoms with van der Waals surface area (Å²) in [7, 11) is -0.491. The maximum atomic E-state index is 13.3. The number of ether oxygens (including phenoxy) is 1. The van der Waals surface area contributed by atoms with Gasteiger partial charge in [-0.05, 0) is 122 Å². The summed E-state index contributed by atoms with van der Waals surface area (Å²) in [6.45, 7) is 36.1. The Morgan fingerprint density at radius 3 is 1.27 bits per heavy atom. The van der Waals surface area contributed by atoms with Crippen LogP contribution in [0.2, 0.25) is 0 Å². The molecule has 1 aromatic rings. The average molecular weight is 619 g/mol. The Kier molecular flexibility index (Phi) is 15.6. The zero-order valence-corrected chi connectivity index (χ0v) is 31.1. The van der Waals surface area contributed by atoms with Gasteiger partial charge in [-0.3, -0.25) is 9.34 Å². The summed E-state index contributed by atoms with van der Waals surface area (Å²) < 4.78 is 17.6. The quantitative estimate of drug-likeness (QED) is 0.135. The minimum Gasteiger partial charge on any atom is -0.464 e. The molecule has 1 heterocycles. The lowest BCUT2D eigenvalue weighted by molar-refractivity contribution is 0.0590. The molecule has 0 aromatic carbocycles. The van der Waals surface area contributed by atoms with E-state index < -0.39 is 15.8 Å². The summed E-state index contributed by atoms with van der Waals surface area (Å²) in [5, 5.41) is 6.15. The van der Waals surface area contributed by atoms with Crippen molar-refractivity contribution in [2.75, 3.05) is 7.11 Å². The van der Waals surface area contributed by atoms with E-state index in [9.17, 15) is 4.79 Å². The van der Waals surface area contributed by atoms with Gasteiger partial charge in [-0.1, -0.05) is 0 Å². The predicted octanol–water partition coefficient (Wildman–Crippen LogP) is 8.54. The van der Waals surface area contributed by atoms with Gasteiger partial charge in [0.1, 0.15) is 12.5 Å². The Hall–Kier alpha value is -0.270. The van der Waals surface area contributed by atoms with Crippen LogP contribution in [0.4, 0.5) is 0 Å². The molecule has 8 nitrogen and oxygen atoms in total. The molecule has 234 valence electrons. The molecule has 40 heavy (non-hydrogen) atoms. The van der Waals surface area contributed by atoms with Crippen molar-refractivity contribution in [3.63, 3.8) is 0 Å². The van der Waals surface area contributed by atoms with Gasteiger partial charge in [0.2, 0.25) is 0 Å². The molecule has 0 aliphatic rings. The summed E-state index contributed by atoms with van der Waals surface area (Å²) >= 11 is 1.81. The van der Waals surface area contributed by atoms with Crippen LogP contribution in [0.15, 0.2) is 11.1 Å². The number of hydrogen-bond donors (Lipinski definition) is 0. The SMILES string of the molecule is COC(=O)c1cc(SP(N(C(C)C)C(C)C)N(C(C)C)C(C)C)nn1P(N(C(C)C)C(C)C)N(C(C)C)C(C)C. The molecule has 0 bridgehead atoms. The number of hydrogen-bond acceptors (Lipinski definition) is 8. The smallest absolute Gasteiger partial charge is 0.356 e. The highest BCUT2D eigenvalue weighted by Crippen LogP contribution is 2.63. The Bertz CT molecular complexity index is 835. The van der Waals surface area contributed by atoms with Crippen molar-refractivity contribution in [2.24, 2.45) is 0 Å². The third-order valence-corrected chi connectivity index (χ3v) is 15.1. The molecule has 0 N–H and O–H groups in total. The highest BCUT2D eigenvalue weighted by atomic mass is 32.7. The van der Waals surface area contributed by atoms with Gasteiger partial charge in [0.25, 0.3) is 0 Å².